The lowest BCUT2D eigenvalue weighted by Crippen LogP contribution is -2.27. The topological polar surface area (TPSA) is 41.9 Å². The van der Waals surface area contributed by atoms with Crippen LogP contribution in [0.25, 0.3) is 0 Å². The summed E-state index contributed by atoms with van der Waals surface area (Å²) in [4.78, 5) is 2.16. The first-order valence-corrected chi connectivity index (χ1v) is 6.76. The Morgan fingerprint density at radius 2 is 1.85 bits per heavy atom. The first-order chi connectivity index (χ1) is 9.76. The molecule has 0 spiro atoms. The van der Waals surface area contributed by atoms with Gasteiger partial charge in [-0.15, -0.1) is 0 Å². The van der Waals surface area contributed by atoms with Gasteiger partial charge in [-0.1, -0.05) is 11.8 Å². The van der Waals surface area contributed by atoms with Crippen LogP contribution in [0.2, 0.25) is 0 Å². The second-order valence-corrected chi connectivity index (χ2v) is 4.44. The highest BCUT2D eigenvalue weighted by atomic mass is 16.5. The van der Waals surface area contributed by atoms with Crippen LogP contribution in [0.15, 0.2) is 24.3 Å². The average Bonchev–Trinajstić information content (AvgIpc) is 2.47. The third kappa shape index (κ3) is 7.15. The van der Waals surface area contributed by atoms with Gasteiger partial charge >= 0.3 is 0 Å². The van der Waals surface area contributed by atoms with Gasteiger partial charge in [0, 0.05) is 32.2 Å². The van der Waals surface area contributed by atoms with Crippen LogP contribution in [0.1, 0.15) is 12.0 Å². The van der Waals surface area contributed by atoms with Gasteiger partial charge < -0.3 is 19.5 Å². The lowest BCUT2D eigenvalue weighted by Gasteiger charge is -2.16. The Balaban J connectivity index is 2.30. The minimum atomic E-state index is 0.102. The molecule has 4 heteroatoms. The van der Waals surface area contributed by atoms with E-state index in [9.17, 15) is 0 Å². The largest absolute Gasteiger partial charge is 0.492 e. The van der Waals surface area contributed by atoms with Crippen molar-refractivity contribution in [2.45, 2.75) is 6.42 Å². The smallest absolute Gasteiger partial charge is 0.119 e. The van der Waals surface area contributed by atoms with Crippen LogP contribution in [-0.4, -0.2) is 57.1 Å². The highest BCUT2D eigenvalue weighted by Crippen LogP contribution is 2.11. The van der Waals surface area contributed by atoms with Crippen LogP contribution >= 0.6 is 0 Å². The third-order valence-electron chi connectivity index (χ3n) is 2.74. The van der Waals surface area contributed by atoms with Crippen LogP contribution in [0.3, 0.4) is 0 Å². The molecule has 0 saturated heterocycles. The Labute approximate surface area is 121 Å². The van der Waals surface area contributed by atoms with E-state index in [4.69, 9.17) is 14.6 Å². The van der Waals surface area contributed by atoms with Crippen LogP contribution < -0.4 is 4.74 Å². The minimum absolute atomic E-state index is 0.102. The van der Waals surface area contributed by atoms with Crippen molar-refractivity contribution in [3.05, 3.63) is 29.8 Å². The molecule has 110 valence electrons. The molecule has 0 aliphatic rings. The zero-order valence-corrected chi connectivity index (χ0v) is 12.3. The Morgan fingerprint density at radius 3 is 2.50 bits per heavy atom. The average molecular weight is 277 g/mol. The van der Waals surface area contributed by atoms with Crippen molar-refractivity contribution in [1.82, 2.24) is 4.90 Å². The fraction of sp³-hybridized carbons (Fsp3) is 0.500. The summed E-state index contributed by atoms with van der Waals surface area (Å²) in [6.45, 7) is 3.25. The molecular weight excluding hydrogens is 254 g/mol. The summed E-state index contributed by atoms with van der Waals surface area (Å²) in [5.74, 6) is 6.72. The Hall–Kier alpha value is -1.54. The minimum Gasteiger partial charge on any atom is -0.492 e. The summed E-state index contributed by atoms with van der Waals surface area (Å²) in [7, 11) is 3.75. The molecule has 0 aliphatic carbocycles. The van der Waals surface area contributed by atoms with Crippen LogP contribution in [0, 0.1) is 11.8 Å². The molecule has 0 saturated carbocycles. The first-order valence-electron chi connectivity index (χ1n) is 6.76. The molecule has 1 rings (SSSR count). The van der Waals surface area contributed by atoms with Gasteiger partial charge in [0.25, 0.3) is 0 Å². The number of hydrogen-bond donors (Lipinski definition) is 1. The molecule has 0 heterocycles. The van der Waals surface area contributed by atoms with Crippen molar-refractivity contribution in [2.24, 2.45) is 0 Å². The predicted molar refractivity (Wildman–Crippen MR) is 79.9 cm³/mol. The van der Waals surface area contributed by atoms with E-state index in [1.54, 1.807) is 7.11 Å². The van der Waals surface area contributed by atoms with Gasteiger partial charge in [0.2, 0.25) is 0 Å². The maximum absolute atomic E-state index is 8.65. The molecule has 0 bridgehead atoms. The summed E-state index contributed by atoms with van der Waals surface area (Å²) in [5, 5.41) is 8.65. The number of aliphatic hydroxyl groups is 1. The number of benzene rings is 1. The highest BCUT2D eigenvalue weighted by Gasteiger charge is 1.99. The number of aliphatic hydroxyl groups excluding tert-OH is 1. The summed E-state index contributed by atoms with van der Waals surface area (Å²) < 4.78 is 10.7. The van der Waals surface area contributed by atoms with Gasteiger partial charge in [-0.25, -0.2) is 0 Å². The van der Waals surface area contributed by atoms with E-state index in [1.807, 2.05) is 31.3 Å². The number of methoxy groups -OCH3 is 1. The van der Waals surface area contributed by atoms with Gasteiger partial charge in [0.05, 0.1) is 13.2 Å². The second kappa shape index (κ2) is 10.3. The van der Waals surface area contributed by atoms with Crippen LogP contribution in [0.4, 0.5) is 0 Å². The highest BCUT2D eigenvalue weighted by molar-refractivity contribution is 5.38. The van der Waals surface area contributed by atoms with Gasteiger partial charge in [-0.2, -0.15) is 0 Å². The quantitative estimate of drug-likeness (QED) is 0.729. The molecule has 0 radical (unpaired) electrons. The van der Waals surface area contributed by atoms with Gasteiger partial charge in [0.15, 0.2) is 0 Å². The molecule has 0 aliphatic heterocycles. The van der Waals surface area contributed by atoms with Crippen LogP contribution in [-0.2, 0) is 4.74 Å². The van der Waals surface area contributed by atoms with E-state index in [0.29, 0.717) is 13.0 Å². The third-order valence-corrected chi connectivity index (χ3v) is 2.74. The molecule has 1 N–H and O–H groups in total. The van der Waals surface area contributed by atoms with E-state index >= 15 is 0 Å². The van der Waals surface area contributed by atoms with Crippen molar-refractivity contribution in [3.63, 3.8) is 0 Å². The molecule has 0 atom stereocenters. The number of hydrogen-bond acceptors (Lipinski definition) is 4. The first kappa shape index (κ1) is 16.5. The molecular formula is C16H23NO3. The van der Waals surface area contributed by atoms with Crippen molar-refractivity contribution < 1.29 is 14.6 Å². The second-order valence-electron chi connectivity index (χ2n) is 4.44. The SMILES string of the molecule is COCCN(C)CCOc1ccc(C#CCCO)cc1. The maximum atomic E-state index is 8.65. The molecule has 1 aromatic carbocycles. The van der Waals surface area contributed by atoms with E-state index in [-0.39, 0.29) is 6.61 Å². The lowest BCUT2D eigenvalue weighted by molar-refractivity contribution is 0.150. The predicted octanol–water partition coefficient (Wildman–Crippen LogP) is 1.38. The number of nitrogens with zero attached hydrogens (tertiary/aromatic N) is 1. The molecule has 1 aromatic rings. The monoisotopic (exact) mass is 277 g/mol. The van der Waals surface area contributed by atoms with E-state index in [1.165, 1.54) is 0 Å². The van der Waals surface area contributed by atoms with Gasteiger partial charge in [-0.05, 0) is 31.3 Å². The fourth-order valence-corrected chi connectivity index (χ4v) is 1.53. The van der Waals surface area contributed by atoms with Crippen molar-refractivity contribution >= 4 is 0 Å². The standard InChI is InChI=1S/C16H23NO3/c1-17(10-13-19-2)11-14-20-16-8-6-15(7-9-16)5-3-4-12-18/h6-9,18H,4,10-14H2,1-2H3. The summed E-state index contributed by atoms with van der Waals surface area (Å²) in [6, 6.07) is 7.68. The zero-order valence-electron chi connectivity index (χ0n) is 12.3. The summed E-state index contributed by atoms with van der Waals surface area (Å²) >= 11 is 0. The number of rotatable bonds is 8. The van der Waals surface area contributed by atoms with Crippen molar-refractivity contribution in [1.29, 1.82) is 0 Å². The molecule has 0 fully saturated rings. The van der Waals surface area contributed by atoms with Crippen molar-refractivity contribution in [2.75, 3.05) is 47.1 Å². The lowest BCUT2D eigenvalue weighted by atomic mass is 10.2. The normalized spacial score (nSPS) is 10.2. The summed E-state index contributed by atoms with van der Waals surface area (Å²) in [5.41, 5.74) is 0.933. The Bertz CT molecular complexity index is 420. The molecule has 0 unspecified atom stereocenters. The van der Waals surface area contributed by atoms with E-state index in [2.05, 4.69) is 16.7 Å². The van der Waals surface area contributed by atoms with E-state index < -0.39 is 0 Å². The Morgan fingerprint density at radius 1 is 1.15 bits per heavy atom. The van der Waals surface area contributed by atoms with Gasteiger partial charge in [0.1, 0.15) is 12.4 Å². The fourth-order valence-electron chi connectivity index (χ4n) is 1.53. The molecule has 20 heavy (non-hydrogen) atoms. The Kier molecular flexibility index (Phi) is 8.48. The molecule has 4 nitrogen and oxygen atoms in total. The summed E-state index contributed by atoms with van der Waals surface area (Å²) in [6.07, 6.45) is 0.506. The number of likely N-dealkylation sites (N-methyl/N-ethyl adjacent to an activating group) is 1. The van der Waals surface area contributed by atoms with E-state index in [0.717, 1.165) is 31.0 Å². The molecule has 0 amide bonds. The van der Waals surface area contributed by atoms with Gasteiger partial charge in [-0.3, -0.25) is 0 Å². The maximum Gasteiger partial charge on any atom is 0.119 e. The van der Waals surface area contributed by atoms with Crippen LogP contribution in [0.5, 0.6) is 5.75 Å². The molecule has 0 aromatic heterocycles. The zero-order chi connectivity index (χ0) is 14.6. The van der Waals surface area contributed by atoms with Crippen molar-refractivity contribution in [3.8, 4) is 17.6 Å². The number of ether oxygens (including phenoxy) is 2.